The number of tetrazole rings is 1. The zero-order valence-electron chi connectivity index (χ0n) is 8.37. The van der Waals surface area contributed by atoms with Gasteiger partial charge in [-0.05, 0) is 16.8 Å². The SMILES string of the molecule is O=C(CCCn1cnnn1)Nc1ncn[nH]1. The Balaban J connectivity index is 1.68. The number of carbonyl (C=O) groups excluding carboxylic acids is 1. The van der Waals surface area contributed by atoms with E-state index < -0.39 is 0 Å². The molecule has 0 aromatic carbocycles. The minimum atomic E-state index is -0.121. The van der Waals surface area contributed by atoms with Crippen molar-refractivity contribution in [2.75, 3.05) is 5.32 Å². The van der Waals surface area contributed by atoms with Crippen LogP contribution in [0.15, 0.2) is 12.7 Å². The minimum absolute atomic E-state index is 0.121. The van der Waals surface area contributed by atoms with E-state index in [-0.39, 0.29) is 5.91 Å². The number of hydrogen-bond donors (Lipinski definition) is 2. The van der Waals surface area contributed by atoms with Gasteiger partial charge in [0.25, 0.3) is 0 Å². The molecule has 0 aliphatic carbocycles. The second-order valence-electron chi connectivity index (χ2n) is 3.06. The highest BCUT2D eigenvalue weighted by Gasteiger charge is 2.04. The second-order valence-corrected chi connectivity index (χ2v) is 3.06. The van der Waals surface area contributed by atoms with Gasteiger partial charge in [-0.2, -0.15) is 10.1 Å². The Hall–Kier alpha value is -2.32. The van der Waals surface area contributed by atoms with Crippen LogP contribution in [0.3, 0.4) is 0 Å². The van der Waals surface area contributed by atoms with E-state index in [9.17, 15) is 4.79 Å². The lowest BCUT2D eigenvalue weighted by atomic mass is 10.3. The topological polar surface area (TPSA) is 114 Å². The van der Waals surface area contributed by atoms with Crippen LogP contribution in [0.1, 0.15) is 12.8 Å². The molecular weight excluding hydrogens is 212 g/mol. The highest BCUT2D eigenvalue weighted by molar-refractivity contribution is 5.88. The van der Waals surface area contributed by atoms with Crippen LogP contribution in [0.25, 0.3) is 0 Å². The molecule has 1 amide bonds. The molecule has 2 aromatic heterocycles. The summed E-state index contributed by atoms with van der Waals surface area (Å²) in [6, 6.07) is 0. The monoisotopic (exact) mass is 222 g/mol. The maximum atomic E-state index is 11.4. The molecule has 0 bridgehead atoms. The fourth-order valence-corrected chi connectivity index (χ4v) is 1.14. The maximum absolute atomic E-state index is 11.4. The van der Waals surface area contributed by atoms with Crippen molar-refractivity contribution in [2.45, 2.75) is 19.4 Å². The van der Waals surface area contributed by atoms with Gasteiger partial charge in [0.1, 0.15) is 12.7 Å². The van der Waals surface area contributed by atoms with E-state index in [0.29, 0.717) is 25.3 Å². The summed E-state index contributed by atoms with van der Waals surface area (Å²) < 4.78 is 1.57. The van der Waals surface area contributed by atoms with Gasteiger partial charge in [-0.3, -0.25) is 10.1 Å². The quantitative estimate of drug-likeness (QED) is 0.685. The Kier molecular flexibility index (Phi) is 3.16. The molecule has 9 nitrogen and oxygen atoms in total. The molecule has 0 aliphatic heterocycles. The number of aryl methyl sites for hydroxylation is 1. The first-order valence-corrected chi connectivity index (χ1v) is 4.70. The van der Waals surface area contributed by atoms with Crippen LogP contribution in [-0.4, -0.2) is 41.3 Å². The van der Waals surface area contributed by atoms with Gasteiger partial charge < -0.3 is 0 Å². The molecule has 0 saturated carbocycles. The lowest BCUT2D eigenvalue weighted by Crippen LogP contribution is -2.13. The Morgan fingerprint density at radius 2 is 2.50 bits per heavy atom. The Labute approximate surface area is 90.3 Å². The summed E-state index contributed by atoms with van der Waals surface area (Å²) in [5.41, 5.74) is 0. The summed E-state index contributed by atoms with van der Waals surface area (Å²) in [5, 5.41) is 19.4. The summed E-state index contributed by atoms with van der Waals surface area (Å²) >= 11 is 0. The van der Waals surface area contributed by atoms with Crippen molar-refractivity contribution < 1.29 is 4.79 Å². The molecule has 2 heterocycles. The van der Waals surface area contributed by atoms with Crippen LogP contribution >= 0.6 is 0 Å². The standard InChI is InChI=1S/C7H10N8O/c16-6(11-7-8-4-9-12-7)2-1-3-15-5-10-13-14-15/h4-5H,1-3H2,(H2,8,9,11,12,16). The fraction of sp³-hybridized carbons (Fsp3) is 0.429. The molecule has 2 aromatic rings. The summed E-state index contributed by atoms with van der Waals surface area (Å²) in [7, 11) is 0. The smallest absolute Gasteiger partial charge is 0.226 e. The van der Waals surface area contributed by atoms with Gasteiger partial charge in [-0.1, -0.05) is 0 Å². The number of anilines is 1. The van der Waals surface area contributed by atoms with Crippen molar-refractivity contribution in [3.8, 4) is 0 Å². The van der Waals surface area contributed by atoms with Gasteiger partial charge in [0.15, 0.2) is 0 Å². The molecule has 16 heavy (non-hydrogen) atoms. The normalized spacial score (nSPS) is 10.2. The zero-order valence-corrected chi connectivity index (χ0v) is 8.37. The van der Waals surface area contributed by atoms with E-state index in [4.69, 9.17) is 0 Å². The van der Waals surface area contributed by atoms with Crippen LogP contribution < -0.4 is 5.32 Å². The minimum Gasteiger partial charge on any atom is -0.295 e. The summed E-state index contributed by atoms with van der Waals surface area (Å²) in [6.07, 6.45) is 3.87. The molecule has 0 fully saturated rings. The van der Waals surface area contributed by atoms with Gasteiger partial charge in [0, 0.05) is 13.0 Å². The van der Waals surface area contributed by atoms with E-state index in [1.165, 1.54) is 12.7 Å². The summed E-state index contributed by atoms with van der Waals surface area (Å²) in [5.74, 6) is 0.234. The lowest BCUT2D eigenvalue weighted by molar-refractivity contribution is -0.116. The molecule has 0 radical (unpaired) electrons. The van der Waals surface area contributed by atoms with Crippen molar-refractivity contribution >= 4 is 11.9 Å². The van der Waals surface area contributed by atoms with Crippen LogP contribution in [0, 0.1) is 0 Å². The number of aromatic amines is 1. The molecule has 0 unspecified atom stereocenters. The van der Waals surface area contributed by atoms with E-state index in [2.05, 4.69) is 36.0 Å². The zero-order chi connectivity index (χ0) is 11.2. The van der Waals surface area contributed by atoms with Crippen LogP contribution in [0.2, 0.25) is 0 Å². The van der Waals surface area contributed by atoms with E-state index in [1.54, 1.807) is 4.68 Å². The number of nitrogens with one attached hydrogen (secondary N) is 2. The van der Waals surface area contributed by atoms with E-state index >= 15 is 0 Å². The predicted octanol–water partition coefficient (Wildman–Crippen LogP) is -0.790. The van der Waals surface area contributed by atoms with Crippen LogP contribution in [-0.2, 0) is 11.3 Å². The number of aromatic nitrogens is 7. The molecular formula is C7H10N8O. The van der Waals surface area contributed by atoms with Gasteiger partial charge in [0.05, 0.1) is 0 Å². The molecule has 9 heteroatoms. The van der Waals surface area contributed by atoms with Gasteiger partial charge >= 0.3 is 0 Å². The third kappa shape index (κ3) is 2.83. The van der Waals surface area contributed by atoms with Crippen LogP contribution in [0.4, 0.5) is 5.95 Å². The van der Waals surface area contributed by atoms with Crippen molar-refractivity contribution in [2.24, 2.45) is 0 Å². The second kappa shape index (κ2) is 4.96. The molecule has 0 saturated heterocycles. The lowest BCUT2D eigenvalue weighted by Gasteiger charge is -2.00. The predicted molar refractivity (Wildman–Crippen MR) is 52.1 cm³/mol. The summed E-state index contributed by atoms with van der Waals surface area (Å²) in [4.78, 5) is 15.2. The Morgan fingerprint density at radius 3 is 3.19 bits per heavy atom. The first-order chi connectivity index (χ1) is 7.84. The van der Waals surface area contributed by atoms with Crippen molar-refractivity contribution in [3.63, 3.8) is 0 Å². The number of carbonyl (C=O) groups is 1. The van der Waals surface area contributed by atoms with Crippen molar-refractivity contribution in [1.82, 2.24) is 35.4 Å². The van der Waals surface area contributed by atoms with Crippen molar-refractivity contribution in [3.05, 3.63) is 12.7 Å². The average Bonchev–Trinajstić information content (AvgIpc) is 2.90. The number of H-pyrrole nitrogens is 1. The van der Waals surface area contributed by atoms with Gasteiger partial charge in [-0.25, -0.2) is 9.78 Å². The highest BCUT2D eigenvalue weighted by Crippen LogP contribution is 1.98. The highest BCUT2D eigenvalue weighted by atomic mass is 16.1. The number of hydrogen-bond acceptors (Lipinski definition) is 6. The average molecular weight is 222 g/mol. The van der Waals surface area contributed by atoms with Crippen LogP contribution in [0.5, 0.6) is 0 Å². The largest absolute Gasteiger partial charge is 0.295 e. The molecule has 2 rings (SSSR count). The maximum Gasteiger partial charge on any atom is 0.226 e. The molecule has 0 spiro atoms. The van der Waals surface area contributed by atoms with E-state index in [1.807, 2.05) is 0 Å². The summed E-state index contributed by atoms with van der Waals surface area (Å²) in [6.45, 7) is 0.608. The van der Waals surface area contributed by atoms with Crippen molar-refractivity contribution in [1.29, 1.82) is 0 Å². The third-order valence-electron chi connectivity index (χ3n) is 1.86. The van der Waals surface area contributed by atoms with Gasteiger partial charge in [0.2, 0.25) is 11.9 Å². The Bertz CT molecular complexity index is 421. The number of rotatable bonds is 5. The molecule has 84 valence electrons. The van der Waals surface area contributed by atoms with E-state index in [0.717, 1.165) is 0 Å². The molecule has 2 N–H and O–H groups in total. The molecule has 0 atom stereocenters. The third-order valence-corrected chi connectivity index (χ3v) is 1.86. The number of amides is 1. The van der Waals surface area contributed by atoms with Gasteiger partial charge in [-0.15, -0.1) is 5.10 Å². The fourth-order valence-electron chi connectivity index (χ4n) is 1.14. The first kappa shape index (κ1) is 10.2. The number of nitrogens with zero attached hydrogens (tertiary/aromatic N) is 6. The molecule has 0 aliphatic rings. The Morgan fingerprint density at radius 1 is 1.56 bits per heavy atom. The first-order valence-electron chi connectivity index (χ1n) is 4.70.